The monoisotopic (exact) mass is 234 g/mol. The van der Waals surface area contributed by atoms with Crippen molar-refractivity contribution in [2.45, 2.75) is 45.2 Å². The molecule has 4 nitrogen and oxygen atoms in total. The summed E-state index contributed by atoms with van der Waals surface area (Å²) in [5, 5.41) is 7.74. The lowest BCUT2D eigenvalue weighted by molar-refractivity contribution is 0.340. The van der Waals surface area contributed by atoms with Crippen LogP contribution in [0.3, 0.4) is 0 Å². The molecule has 0 saturated heterocycles. The minimum Gasteiger partial charge on any atom is -0.316 e. The molecule has 3 rings (SSSR count). The highest BCUT2D eigenvalue weighted by Gasteiger charge is 2.47. The van der Waals surface area contributed by atoms with E-state index in [1.807, 2.05) is 4.68 Å². The van der Waals surface area contributed by atoms with E-state index in [9.17, 15) is 0 Å². The van der Waals surface area contributed by atoms with Crippen LogP contribution in [-0.2, 0) is 13.0 Å². The van der Waals surface area contributed by atoms with Crippen LogP contribution in [-0.4, -0.2) is 27.9 Å². The van der Waals surface area contributed by atoms with Crippen LogP contribution in [0.25, 0.3) is 0 Å². The summed E-state index contributed by atoms with van der Waals surface area (Å²) in [6.07, 6.45) is 7.05. The van der Waals surface area contributed by atoms with Gasteiger partial charge in [-0.25, -0.2) is 4.98 Å². The van der Waals surface area contributed by atoms with Gasteiger partial charge in [-0.2, -0.15) is 5.10 Å². The minimum atomic E-state index is 0.581. The zero-order valence-electron chi connectivity index (χ0n) is 10.8. The van der Waals surface area contributed by atoms with Crippen LogP contribution in [0.15, 0.2) is 6.33 Å². The number of likely N-dealkylation sites (N-methyl/N-ethyl adjacent to an activating group) is 1. The Morgan fingerprint density at radius 3 is 2.82 bits per heavy atom. The van der Waals surface area contributed by atoms with Gasteiger partial charge in [0.15, 0.2) is 0 Å². The third kappa shape index (κ3) is 2.10. The van der Waals surface area contributed by atoms with Crippen LogP contribution < -0.4 is 5.32 Å². The van der Waals surface area contributed by atoms with Crippen LogP contribution in [0.2, 0.25) is 0 Å². The number of hydrogen-bond donors (Lipinski definition) is 1. The van der Waals surface area contributed by atoms with Crippen molar-refractivity contribution in [3.63, 3.8) is 0 Å². The SMILES string of the molecule is CCn1ncnc1CC(NC)C1CC2CC2C1. The molecule has 1 heterocycles. The van der Waals surface area contributed by atoms with Crippen molar-refractivity contribution in [3.05, 3.63) is 12.2 Å². The molecule has 4 heteroatoms. The Hall–Kier alpha value is -0.900. The Morgan fingerprint density at radius 2 is 2.18 bits per heavy atom. The van der Waals surface area contributed by atoms with Crippen LogP contribution in [0.4, 0.5) is 0 Å². The maximum atomic E-state index is 4.39. The van der Waals surface area contributed by atoms with Gasteiger partial charge in [0, 0.05) is 19.0 Å². The molecule has 3 atom stereocenters. The lowest BCUT2D eigenvalue weighted by Crippen LogP contribution is -2.36. The van der Waals surface area contributed by atoms with Crippen molar-refractivity contribution >= 4 is 0 Å². The smallest absolute Gasteiger partial charge is 0.138 e. The number of nitrogens with zero attached hydrogens (tertiary/aromatic N) is 3. The standard InChI is InChI=1S/C13H22N4/c1-3-17-13(15-8-16-17)7-12(14-2)11-5-9-4-10(9)6-11/h8-12,14H,3-7H2,1-2H3. The molecule has 1 aromatic heterocycles. The van der Waals surface area contributed by atoms with Crippen molar-refractivity contribution in [1.82, 2.24) is 20.1 Å². The van der Waals surface area contributed by atoms with Gasteiger partial charge in [0.25, 0.3) is 0 Å². The molecule has 0 spiro atoms. The summed E-state index contributed by atoms with van der Waals surface area (Å²) in [4.78, 5) is 4.39. The molecular weight excluding hydrogens is 212 g/mol. The molecule has 0 amide bonds. The number of rotatable bonds is 5. The van der Waals surface area contributed by atoms with Crippen LogP contribution >= 0.6 is 0 Å². The average molecular weight is 234 g/mol. The Balaban J connectivity index is 1.65. The normalized spacial score (nSPS) is 32.5. The van der Waals surface area contributed by atoms with Gasteiger partial charge >= 0.3 is 0 Å². The summed E-state index contributed by atoms with van der Waals surface area (Å²) in [7, 11) is 2.08. The van der Waals surface area contributed by atoms with E-state index < -0.39 is 0 Å². The van der Waals surface area contributed by atoms with E-state index in [1.165, 1.54) is 19.3 Å². The fraction of sp³-hybridized carbons (Fsp3) is 0.846. The van der Waals surface area contributed by atoms with E-state index in [1.54, 1.807) is 6.33 Å². The van der Waals surface area contributed by atoms with Crippen molar-refractivity contribution in [3.8, 4) is 0 Å². The molecule has 2 saturated carbocycles. The molecule has 1 aromatic rings. The van der Waals surface area contributed by atoms with Gasteiger partial charge in [0.05, 0.1) is 0 Å². The zero-order chi connectivity index (χ0) is 11.8. The maximum Gasteiger partial charge on any atom is 0.138 e. The lowest BCUT2D eigenvalue weighted by Gasteiger charge is -2.24. The van der Waals surface area contributed by atoms with E-state index >= 15 is 0 Å². The van der Waals surface area contributed by atoms with E-state index in [4.69, 9.17) is 0 Å². The molecule has 2 aliphatic carbocycles. The van der Waals surface area contributed by atoms with Crippen molar-refractivity contribution < 1.29 is 0 Å². The predicted octanol–water partition coefficient (Wildman–Crippen LogP) is 1.47. The Labute approximate surface area is 103 Å². The molecule has 0 aliphatic heterocycles. The van der Waals surface area contributed by atoms with Gasteiger partial charge in [-0.1, -0.05) is 0 Å². The average Bonchev–Trinajstić information content (AvgIpc) is 2.80. The maximum absolute atomic E-state index is 4.39. The first-order valence-corrected chi connectivity index (χ1v) is 6.85. The van der Waals surface area contributed by atoms with E-state index in [0.29, 0.717) is 6.04 Å². The van der Waals surface area contributed by atoms with Gasteiger partial charge in [-0.3, -0.25) is 4.68 Å². The van der Waals surface area contributed by atoms with E-state index in [-0.39, 0.29) is 0 Å². The zero-order valence-corrected chi connectivity index (χ0v) is 10.8. The van der Waals surface area contributed by atoms with Crippen LogP contribution in [0.1, 0.15) is 32.0 Å². The van der Waals surface area contributed by atoms with Gasteiger partial charge in [-0.15, -0.1) is 0 Å². The molecule has 3 unspecified atom stereocenters. The quantitative estimate of drug-likeness (QED) is 0.839. The molecule has 94 valence electrons. The molecule has 2 fully saturated rings. The van der Waals surface area contributed by atoms with Crippen LogP contribution in [0, 0.1) is 17.8 Å². The highest BCUT2D eigenvalue weighted by atomic mass is 15.3. The first-order chi connectivity index (χ1) is 8.31. The highest BCUT2D eigenvalue weighted by molar-refractivity contribution is 5.01. The van der Waals surface area contributed by atoms with E-state index in [0.717, 1.165) is 36.5 Å². The minimum absolute atomic E-state index is 0.581. The number of aromatic nitrogens is 3. The lowest BCUT2D eigenvalue weighted by atomic mass is 9.92. The third-order valence-corrected chi connectivity index (χ3v) is 4.62. The first-order valence-electron chi connectivity index (χ1n) is 6.85. The molecular formula is C13H22N4. The fourth-order valence-electron chi connectivity index (χ4n) is 3.50. The summed E-state index contributed by atoms with van der Waals surface area (Å²) < 4.78 is 2.01. The second kappa shape index (κ2) is 4.41. The van der Waals surface area contributed by atoms with Gasteiger partial charge in [-0.05, 0) is 51.0 Å². The van der Waals surface area contributed by atoms with E-state index in [2.05, 4.69) is 29.4 Å². The second-order valence-electron chi connectivity index (χ2n) is 5.58. The summed E-state index contributed by atoms with van der Waals surface area (Å²) in [5.41, 5.74) is 0. The fourth-order valence-corrected chi connectivity index (χ4v) is 3.50. The first kappa shape index (κ1) is 11.2. The summed E-state index contributed by atoms with van der Waals surface area (Å²) >= 11 is 0. The number of nitrogens with one attached hydrogen (secondary N) is 1. The molecule has 0 bridgehead atoms. The Bertz CT molecular complexity index is 377. The summed E-state index contributed by atoms with van der Waals surface area (Å²) in [6, 6.07) is 0.581. The highest BCUT2D eigenvalue weighted by Crippen LogP contribution is 2.55. The molecule has 1 N–H and O–H groups in total. The molecule has 17 heavy (non-hydrogen) atoms. The van der Waals surface area contributed by atoms with Gasteiger partial charge < -0.3 is 5.32 Å². The molecule has 0 radical (unpaired) electrons. The van der Waals surface area contributed by atoms with Crippen molar-refractivity contribution in [2.24, 2.45) is 17.8 Å². The number of hydrogen-bond acceptors (Lipinski definition) is 3. The predicted molar refractivity (Wildman–Crippen MR) is 66.6 cm³/mol. The largest absolute Gasteiger partial charge is 0.316 e. The molecule has 0 aromatic carbocycles. The summed E-state index contributed by atoms with van der Waals surface area (Å²) in [5.74, 6) is 4.10. The number of fused-ring (bicyclic) bond motifs is 1. The summed E-state index contributed by atoms with van der Waals surface area (Å²) in [6.45, 7) is 3.04. The number of aryl methyl sites for hydroxylation is 1. The Morgan fingerprint density at radius 1 is 1.41 bits per heavy atom. The third-order valence-electron chi connectivity index (χ3n) is 4.62. The van der Waals surface area contributed by atoms with Gasteiger partial charge in [0.1, 0.15) is 12.2 Å². The van der Waals surface area contributed by atoms with Gasteiger partial charge in [0.2, 0.25) is 0 Å². The molecule has 2 aliphatic rings. The second-order valence-corrected chi connectivity index (χ2v) is 5.58. The van der Waals surface area contributed by atoms with Crippen LogP contribution in [0.5, 0.6) is 0 Å². The Kier molecular flexibility index (Phi) is 2.90. The van der Waals surface area contributed by atoms with Crippen molar-refractivity contribution in [1.29, 1.82) is 0 Å². The topological polar surface area (TPSA) is 42.7 Å². The van der Waals surface area contributed by atoms with Crippen molar-refractivity contribution in [2.75, 3.05) is 7.05 Å².